The van der Waals surface area contributed by atoms with Gasteiger partial charge >= 0.3 is 0 Å². The first-order valence-corrected chi connectivity index (χ1v) is 8.17. The van der Waals surface area contributed by atoms with E-state index < -0.39 is 0 Å². The average Bonchev–Trinajstić information content (AvgIpc) is 2.92. The van der Waals surface area contributed by atoms with E-state index in [0.29, 0.717) is 6.04 Å². The van der Waals surface area contributed by atoms with Gasteiger partial charge < -0.3 is 5.32 Å². The summed E-state index contributed by atoms with van der Waals surface area (Å²) < 4.78 is 13.2. The van der Waals surface area contributed by atoms with Crippen molar-refractivity contribution in [1.29, 1.82) is 0 Å². The van der Waals surface area contributed by atoms with Crippen LogP contribution in [-0.2, 0) is 6.42 Å². The van der Waals surface area contributed by atoms with Crippen LogP contribution in [0.25, 0.3) is 0 Å². The van der Waals surface area contributed by atoms with Gasteiger partial charge in [-0.05, 0) is 61.9 Å². The van der Waals surface area contributed by atoms with Crippen LogP contribution < -0.4 is 5.32 Å². The minimum absolute atomic E-state index is 0.125. The van der Waals surface area contributed by atoms with Gasteiger partial charge in [0.05, 0.1) is 0 Å². The van der Waals surface area contributed by atoms with Gasteiger partial charge in [-0.3, -0.25) is 0 Å². The average molecular weight is 277 g/mol. The van der Waals surface area contributed by atoms with Gasteiger partial charge in [0, 0.05) is 6.04 Å². The Morgan fingerprint density at radius 1 is 1.30 bits per heavy atom. The smallest absolute Gasteiger partial charge is 0.123 e. The van der Waals surface area contributed by atoms with Gasteiger partial charge in [0.2, 0.25) is 0 Å². The Hall–Kier alpha value is -0.890. The molecule has 1 aromatic carbocycles. The molecule has 1 nitrogen and oxygen atoms in total. The summed E-state index contributed by atoms with van der Waals surface area (Å²) in [7, 11) is 0. The number of hydrogen-bond donors (Lipinski definition) is 1. The molecular weight excluding hydrogens is 249 g/mol. The molecule has 0 heterocycles. The fraction of sp³-hybridized carbons (Fsp3) is 0.667. The van der Waals surface area contributed by atoms with E-state index in [4.69, 9.17) is 0 Å². The van der Waals surface area contributed by atoms with Crippen LogP contribution in [0.2, 0.25) is 0 Å². The maximum Gasteiger partial charge on any atom is 0.123 e. The standard InChI is InChI=1S/C18H28FN/c1-3-10-20-18(12-15-6-4-5-7-15)13-16-8-9-17(19)11-14(16)2/h8-9,11,15,18,20H,3-7,10,12-13H2,1-2H3. The Kier molecular flexibility index (Phi) is 6.03. The van der Waals surface area contributed by atoms with Crippen LogP contribution in [0.15, 0.2) is 18.2 Å². The molecule has 1 N–H and O–H groups in total. The lowest BCUT2D eigenvalue weighted by atomic mass is 9.92. The van der Waals surface area contributed by atoms with E-state index in [1.165, 1.54) is 44.1 Å². The highest BCUT2D eigenvalue weighted by Gasteiger charge is 2.20. The zero-order chi connectivity index (χ0) is 14.4. The predicted octanol–water partition coefficient (Wildman–Crippen LogP) is 4.63. The van der Waals surface area contributed by atoms with E-state index in [2.05, 4.69) is 12.2 Å². The third kappa shape index (κ3) is 4.59. The molecule has 112 valence electrons. The minimum Gasteiger partial charge on any atom is -0.314 e. The number of rotatable bonds is 7. The maximum atomic E-state index is 13.2. The maximum absolute atomic E-state index is 13.2. The van der Waals surface area contributed by atoms with Crippen molar-refractivity contribution in [1.82, 2.24) is 5.32 Å². The molecule has 1 aliphatic carbocycles. The van der Waals surface area contributed by atoms with E-state index >= 15 is 0 Å². The van der Waals surface area contributed by atoms with Gasteiger partial charge in [-0.15, -0.1) is 0 Å². The topological polar surface area (TPSA) is 12.0 Å². The van der Waals surface area contributed by atoms with Crippen molar-refractivity contribution in [3.8, 4) is 0 Å². The second-order valence-electron chi connectivity index (χ2n) is 6.31. The van der Waals surface area contributed by atoms with Crippen LogP contribution >= 0.6 is 0 Å². The summed E-state index contributed by atoms with van der Waals surface area (Å²) in [6.45, 7) is 5.31. The summed E-state index contributed by atoms with van der Waals surface area (Å²) in [5.74, 6) is 0.769. The second-order valence-corrected chi connectivity index (χ2v) is 6.31. The molecule has 0 spiro atoms. The lowest BCUT2D eigenvalue weighted by molar-refractivity contribution is 0.384. The lowest BCUT2D eigenvalue weighted by Crippen LogP contribution is -2.33. The molecule has 0 bridgehead atoms. The van der Waals surface area contributed by atoms with Crippen molar-refractivity contribution in [3.63, 3.8) is 0 Å². The normalized spacial score (nSPS) is 17.6. The predicted molar refractivity (Wildman–Crippen MR) is 83.5 cm³/mol. The SMILES string of the molecule is CCCNC(Cc1ccc(F)cc1C)CC1CCCC1. The summed E-state index contributed by atoms with van der Waals surface area (Å²) in [4.78, 5) is 0. The van der Waals surface area contributed by atoms with Crippen LogP contribution in [-0.4, -0.2) is 12.6 Å². The fourth-order valence-corrected chi connectivity index (χ4v) is 3.39. The number of halogens is 1. The van der Waals surface area contributed by atoms with Gasteiger partial charge in [0.1, 0.15) is 5.82 Å². The quantitative estimate of drug-likeness (QED) is 0.766. The Morgan fingerprint density at radius 3 is 2.70 bits per heavy atom. The third-order valence-corrected chi connectivity index (χ3v) is 4.55. The highest BCUT2D eigenvalue weighted by Crippen LogP contribution is 2.29. The highest BCUT2D eigenvalue weighted by atomic mass is 19.1. The van der Waals surface area contributed by atoms with Crippen molar-refractivity contribution in [2.24, 2.45) is 5.92 Å². The zero-order valence-corrected chi connectivity index (χ0v) is 12.9. The number of hydrogen-bond acceptors (Lipinski definition) is 1. The van der Waals surface area contributed by atoms with Crippen molar-refractivity contribution in [2.45, 2.75) is 64.8 Å². The molecule has 1 fully saturated rings. The van der Waals surface area contributed by atoms with E-state index in [1.54, 1.807) is 12.1 Å². The molecule has 0 aliphatic heterocycles. The highest BCUT2D eigenvalue weighted by molar-refractivity contribution is 5.27. The van der Waals surface area contributed by atoms with Crippen molar-refractivity contribution < 1.29 is 4.39 Å². The van der Waals surface area contributed by atoms with Gasteiger partial charge in [0.25, 0.3) is 0 Å². The molecule has 1 saturated carbocycles. The monoisotopic (exact) mass is 277 g/mol. The molecule has 1 atom stereocenters. The van der Waals surface area contributed by atoms with Crippen LogP contribution in [0.4, 0.5) is 4.39 Å². The molecule has 1 aromatic rings. The van der Waals surface area contributed by atoms with E-state index in [1.807, 2.05) is 13.0 Å². The minimum atomic E-state index is -0.125. The van der Waals surface area contributed by atoms with Gasteiger partial charge in [-0.1, -0.05) is 38.7 Å². The fourth-order valence-electron chi connectivity index (χ4n) is 3.39. The zero-order valence-electron chi connectivity index (χ0n) is 12.9. The third-order valence-electron chi connectivity index (χ3n) is 4.55. The number of nitrogens with one attached hydrogen (secondary N) is 1. The summed E-state index contributed by atoms with van der Waals surface area (Å²) >= 11 is 0. The molecule has 0 aromatic heterocycles. The van der Waals surface area contributed by atoms with Crippen LogP contribution in [0.5, 0.6) is 0 Å². The molecule has 1 aliphatic rings. The van der Waals surface area contributed by atoms with E-state index in [-0.39, 0.29) is 5.82 Å². The molecule has 0 amide bonds. The molecule has 2 rings (SSSR count). The molecule has 2 heteroatoms. The summed E-state index contributed by atoms with van der Waals surface area (Å²) in [6, 6.07) is 5.75. The number of benzene rings is 1. The number of aryl methyl sites for hydroxylation is 1. The molecule has 20 heavy (non-hydrogen) atoms. The van der Waals surface area contributed by atoms with Crippen molar-refractivity contribution in [3.05, 3.63) is 35.1 Å². The van der Waals surface area contributed by atoms with Crippen molar-refractivity contribution in [2.75, 3.05) is 6.54 Å². The Labute approximate surface area is 123 Å². The van der Waals surface area contributed by atoms with Gasteiger partial charge in [0.15, 0.2) is 0 Å². The molecular formula is C18H28FN. The summed E-state index contributed by atoms with van der Waals surface area (Å²) in [5.41, 5.74) is 2.37. The first-order valence-electron chi connectivity index (χ1n) is 8.17. The summed E-state index contributed by atoms with van der Waals surface area (Å²) in [6.07, 6.45) is 9.07. The van der Waals surface area contributed by atoms with Crippen LogP contribution in [0.3, 0.4) is 0 Å². The van der Waals surface area contributed by atoms with Gasteiger partial charge in [-0.2, -0.15) is 0 Å². The first kappa shape index (κ1) is 15.5. The van der Waals surface area contributed by atoms with E-state index in [0.717, 1.165) is 24.4 Å². The second kappa shape index (κ2) is 7.78. The molecule has 0 radical (unpaired) electrons. The largest absolute Gasteiger partial charge is 0.314 e. The first-order chi connectivity index (χ1) is 9.69. The molecule has 1 unspecified atom stereocenters. The lowest BCUT2D eigenvalue weighted by Gasteiger charge is -2.23. The molecule has 0 saturated heterocycles. The summed E-state index contributed by atoms with van der Waals surface area (Å²) in [5, 5.41) is 3.69. The Morgan fingerprint density at radius 2 is 2.05 bits per heavy atom. The Bertz CT molecular complexity index is 410. The van der Waals surface area contributed by atoms with Crippen molar-refractivity contribution >= 4 is 0 Å². The van der Waals surface area contributed by atoms with Crippen LogP contribution in [0, 0.1) is 18.7 Å². The Balaban J connectivity index is 1.97. The van der Waals surface area contributed by atoms with E-state index in [9.17, 15) is 4.39 Å². The van der Waals surface area contributed by atoms with Crippen LogP contribution in [0.1, 0.15) is 56.6 Å². The van der Waals surface area contributed by atoms with Gasteiger partial charge in [-0.25, -0.2) is 4.39 Å².